The number of carbonyl (C=O) groups excluding carboxylic acids is 1. The lowest BCUT2D eigenvalue weighted by atomic mass is 10.2. The Morgan fingerprint density at radius 1 is 1.24 bits per heavy atom. The molecule has 0 saturated carbocycles. The number of anilines is 1. The fraction of sp³-hybridized carbons (Fsp3) is 0.211. The van der Waals surface area contributed by atoms with Gasteiger partial charge in [-0.1, -0.05) is 41.6 Å². The second-order valence-electron chi connectivity index (χ2n) is 6.01. The molecule has 152 valence electrons. The van der Waals surface area contributed by atoms with E-state index in [2.05, 4.69) is 15.3 Å². The number of nitrogens with zero attached hydrogens (tertiary/aromatic N) is 2. The van der Waals surface area contributed by atoms with Crippen molar-refractivity contribution in [3.05, 3.63) is 52.8 Å². The molecule has 0 atom stereocenters. The van der Waals surface area contributed by atoms with Crippen LogP contribution in [0.5, 0.6) is 5.75 Å². The first-order valence-electron chi connectivity index (χ1n) is 8.30. The molecule has 0 saturated heterocycles. The quantitative estimate of drug-likeness (QED) is 0.427. The van der Waals surface area contributed by atoms with Gasteiger partial charge in [-0.2, -0.15) is 13.2 Å². The number of fused-ring (bicyclic) bond motifs is 1. The van der Waals surface area contributed by atoms with Crippen LogP contribution in [0.3, 0.4) is 0 Å². The minimum Gasteiger partial charge on any atom is -0.495 e. The molecule has 0 fully saturated rings. The Hall–Kier alpha value is -2.52. The molecule has 0 aliphatic rings. The third-order valence-electron chi connectivity index (χ3n) is 3.92. The van der Waals surface area contributed by atoms with Gasteiger partial charge < -0.3 is 10.1 Å². The fourth-order valence-corrected chi connectivity index (χ4v) is 3.51. The zero-order valence-electron chi connectivity index (χ0n) is 15.3. The molecule has 0 bridgehead atoms. The molecule has 2 aromatic carbocycles. The Morgan fingerprint density at radius 2 is 1.97 bits per heavy atom. The number of benzene rings is 2. The van der Waals surface area contributed by atoms with Crippen LogP contribution in [-0.2, 0) is 11.0 Å². The van der Waals surface area contributed by atoms with Crippen LogP contribution >= 0.6 is 23.4 Å². The van der Waals surface area contributed by atoms with Crippen LogP contribution in [0.4, 0.5) is 18.9 Å². The molecule has 0 unspecified atom stereocenters. The van der Waals surface area contributed by atoms with Crippen molar-refractivity contribution in [2.75, 3.05) is 18.2 Å². The van der Waals surface area contributed by atoms with Crippen LogP contribution in [0.15, 0.2) is 41.4 Å². The van der Waals surface area contributed by atoms with E-state index in [1.807, 2.05) is 0 Å². The summed E-state index contributed by atoms with van der Waals surface area (Å²) in [6.07, 6.45) is -4.68. The Morgan fingerprint density at radius 3 is 2.66 bits per heavy atom. The smallest absolute Gasteiger partial charge is 0.451 e. The van der Waals surface area contributed by atoms with E-state index < -0.39 is 17.9 Å². The number of carbonyl (C=O) groups is 1. The number of nitrogens with one attached hydrogen (secondary N) is 1. The van der Waals surface area contributed by atoms with Crippen molar-refractivity contribution in [2.24, 2.45) is 0 Å². The number of para-hydroxylation sites is 1. The molecule has 29 heavy (non-hydrogen) atoms. The van der Waals surface area contributed by atoms with E-state index >= 15 is 0 Å². The lowest BCUT2D eigenvalue weighted by molar-refractivity contribution is -0.145. The molecule has 3 aromatic rings. The summed E-state index contributed by atoms with van der Waals surface area (Å²) in [5, 5.41) is 3.69. The maximum atomic E-state index is 13.1. The molecule has 10 heteroatoms. The van der Waals surface area contributed by atoms with Gasteiger partial charge >= 0.3 is 6.18 Å². The molecule has 1 amide bonds. The Labute approximate surface area is 173 Å². The molecule has 0 aliphatic carbocycles. The summed E-state index contributed by atoms with van der Waals surface area (Å²) in [6, 6.07) is 9.58. The predicted octanol–water partition coefficient (Wildman–Crippen LogP) is 5.35. The highest BCUT2D eigenvalue weighted by Crippen LogP contribution is 2.33. The Bertz CT molecular complexity index is 1080. The van der Waals surface area contributed by atoms with E-state index in [1.165, 1.54) is 13.2 Å². The number of amides is 1. The van der Waals surface area contributed by atoms with E-state index in [1.54, 1.807) is 37.3 Å². The monoisotopic (exact) mass is 441 g/mol. The molecule has 1 heterocycles. The number of hydrogen-bond donors (Lipinski definition) is 1. The summed E-state index contributed by atoms with van der Waals surface area (Å²) in [5.41, 5.74) is 1.32. The first-order valence-corrected chi connectivity index (χ1v) is 9.66. The van der Waals surface area contributed by atoms with Gasteiger partial charge in [0.15, 0.2) is 0 Å². The van der Waals surface area contributed by atoms with Crippen molar-refractivity contribution in [2.45, 2.75) is 18.1 Å². The maximum Gasteiger partial charge on any atom is 0.451 e. The van der Waals surface area contributed by atoms with Gasteiger partial charge in [-0.15, -0.1) is 0 Å². The zero-order valence-corrected chi connectivity index (χ0v) is 16.9. The summed E-state index contributed by atoms with van der Waals surface area (Å²) in [4.78, 5) is 19.6. The van der Waals surface area contributed by atoms with Crippen molar-refractivity contribution in [3.8, 4) is 5.75 Å². The van der Waals surface area contributed by atoms with Gasteiger partial charge in [-0.3, -0.25) is 4.79 Å². The highest BCUT2D eigenvalue weighted by molar-refractivity contribution is 8.00. The second-order valence-corrected chi connectivity index (χ2v) is 7.38. The van der Waals surface area contributed by atoms with Crippen LogP contribution < -0.4 is 10.1 Å². The fourth-order valence-electron chi connectivity index (χ4n) is 2.53. The third kappa shape index (κ3) is 4.91. The molecule has 5 nitrogen and oxygen atoms in total. The van der Waals surface area contributed by atoms with E-state index in [0.29, 0.717) is 21.8 Å². The molecule has 0 aliphatic heterocycles. The minimum atomic E-state index is -4.68. The highest BCUT2D eigenvalue weighted by Gasteiger charge is 2.35. The van der Waals surface area contributed by atoms with E-state index in [0.717, 1.165) is 17.3 Å². The van der Waals surface area contributed by atoms with Gasteiger partial charge in [0.1, 0.15) is 10.8 Å². The minimum absolute atomic E-state index is 0.0809. The topological polar surface area (TPSA) is 64.1 Å². The molecular weight excluding hydrogens is 427 g/mol. The first kappa shape index (κ1) is 21.2. The molecular formula is C19H15ClF3N3O2S. The summed E-state index contributed by atoms with van der Waals surface area (Å²) in [5.74, 6) is -1.44. The molecule has 1 N–H and O–H groups in total. The van der Waals surface area contributed by atoms with E-state index in [4.69, 9.17) is 16.3 Å². The van der Waals surface area contributed by atoms with Crippen LogP contribution in [0.2, 0.25) is 5.02 Å². The first-order chi connectivity index (χ1) is 13.7. The van der Waals surface area contributed by atoms with E-state index in [-0.39, 0.29) is 16.3 Å². The number of hydrogen-bond acceptors (Lipinski definition) is 5. The normalized spacial score (nSPS) is 11.5. The van der Waals surface area contributed by atoms with Crippen LogP contribution in [0.1, 0.15) is 11.4 Å². The third-order valence-corrected chi connectivity index (χ3v) is 5.31. The number of aromatic nitrogens is 2. The standard InChI is InChI=1S/C19H15ClF3N3O2S/c1-10-7-14(15(28-2)8-12(10)20)24-16(27)9-29-17-11-5-3-4-6-13(11)25-18(26-17)19(21,22)23/h3-8H,9H2,1-2H3,(H,24,27). The van der Waals surface area contributed by atoms with Crippen molar-refractivity contribution in [1.82, 2.24) is 9.97 Å². The molecule has 0 spiro atoms. The van der Waals surface area contributed by atoms with Crippen LogP contribution in [0.25, 0.3) is 10.9 Å². The summed E-state index contributed by atoms with van der Waals surface area (Å²) in [7, 11) is 1.44. The zero-order chi connectivity index (χ0) is 21.2. The summed E-state index contributed by atoms with van der Waals surface area (Å²) < 4.78 is 44.5. The van der Waals surface area contributed by atoms with Crippen LogP contribution in [0, 0.1) is 6.92 Å². The molecule has 0 radical (unpaired) electrons. The van der Waals surface area contributed by atoms with Gasteiger partial charge in [0.2, 0.25) is 11.7 Å². The summed E-state index contributed by atoms with van der Waals surface area (Å²) >= 11 is 6.94. The van der Waals surface area contributed by atoms with Gasteiger partial charge in [0.25, 0.3) is 0 Å². The number of methoxy groups -OCH3 is 1. The maximum absolute atomic E-state index is 13.1. The molecule has 3 rings (SSSR count). The second kappa shape index (κ2) is 8.46. The Kier molecular flexibility index (Phi) is 6.18. The predicted molar refractivity (Wildman–Crippen MR) is 107 cm³/mol. The van der Waals surface area contributed by atoms with Gasteiger partial charge in [0.05, 0.1) is 24.1 Å². The highest BCUT2D eigenvalue weighted by atomic mass is 35.5. The number of rotatable bonds is 5. The van der Waals surface area contributed by atoms with Gasteiger partial charge in [0, 0.05) is 16.5 Å². The lowest BCUT2D eigenvalue weighted by Crippen LogP contribution is -2.16. The van der Waals surface area contributed by atoms with Crippen molar-refractivity contribution in [1.29, 1.82) is 0 Å². The largest absolute Gasteiger partial charge is 0.495 e. The Balaban J connectivity index is 1.82. The number of aryl methyl sites for hydroxylation is 1. The van der Waals surface area contributed by atoms with Crippen molar-refractivity contribution >= 4 is 45.9 Å². The van der Waals surface area contributed by atoms with Crippen molar-refractivity contribution in [3.63, 3.8) is 0 Å². The number of halogens is 4. The van der Waals surface area contributed by atoms with E-state index in [9.17, 15) is 18.0 Å². The lowest BCUT2D eigenvalue weighted by Gasteiger charge is -2.13. The van der Waals surface area contributed by atoms with Crippen molar-refractivity contribution < 1.29 is 22.7 Å². The van der Waals surface area contributed by atoms with Crippen LogP contribution in [-0.4, -0.2) is 28.7 Å². The number of alkyl halides is 3. The average molecular weight is 442 g/mol. The number of thioether (sulfide) groups is 1. The SMILES string of the molecule is COc1cc(Cl)c(C)cc1NC(=O)CSc1nc(C(F)(F)F)nc2ccccc12. The van der Waals surface area contributed by atoms with Gasteiger partial charge in [-0.05, 0) is 24.6 Å². The molecule has 1 aromatic heterocycles. The van der Waals surface area contributed by atoms with Gasteiger partial charge in [-0.25, -0.2) is 9.97 Å². The number of ether oxygens (including phenoxy) is 1. The summed E-state index contributed by atoms with van der Waals surface area (Å²) in [6.45, 7) is 1.78. The average Bonchev–Trinajstić information content (AvgIpc) is 2.67.